The van der Waals surface area contributed by atoms with Crippen molar-refractivity contribution in [3.05, 3.63) is 34.3 Å². The number of likely N-dealkylation sites (N-methyl/N-ethyl adjacent to an activating group) is 2. The van der Waals surface area contributed by atoms with Gasteiger partial charge in [-0.25, -0.2) is 0 Å². The molecule has 0 amide bonds. The maximum atomic E-state index is 5.96. The Morgan fingerprint density at radius 1 is 1.18 bits per heavy atom. The van der Waals surface area contributed by atoms with Gasteiger partial charge in [-0.1, -0.05) is 15.9 Å². The summed E-state index contributed by atoms with van der Waals surface area (Å²) >= 11 is 3.45. The zero-order chi connectivity index (χ0) is 12.5. The minimum absolute atomic E-state index is 0.674. The van der Waals surface area contributed by atoms with Gasteiger partial charge in [-0.2, -0.15) is 0 Å². The number of hydrogen-bond donors (Lipinski definition) is 3. The first-order valence-corrected chi connectivity index (χ1v) is 6.21. The van der Waals surface area contributed by atoms with Crippen molar-refractivity contribution in [1.29, 1.82) is 0 Å². The molecule has 17 heavy (non-hydrogen) atoms. The van der Waals surface area contributed by atoms with E-state index >= 15 is 0 Å². The molecule has 0 aromatic heterocycles. The third-order valence-electron chi connectivity index (χ3n) is 2.86. The van der Waals surface area contributed by atoms with Crippen LogP contribution in [-0.2, 0) is 0 Å². The molecule has 0 radical (unpaired) electrons. The van der Waals surface area contributed by atoms with Gasteiger partial charge in [-0.05, 0) is 32.3 Å². The van der Waals surface area contributed by atoms with E-state index in [4.69, 9.17) is 4.74 Å². The summed E-state index contributed by atoms with van der Waals surface area (Å²) in [6, 6.07) is 5.99. The van der Waals surface area contributed by atoms with Crippen LogP contribution in [-0.4, -0.2) is 27.0 Å². The van der Waals surface area contributed by atoms with E-state index in [2.05, 4.69) is 31.9 Å². The van der Waals surface area contributed by atoms with Crippen molar-refractivity contribution in [1.82, 2.24) is 16.0 Å². The molecule has 0 spiro atoms. The lowest BCUT2D eigenvalue weighted by Crippen LogP contribution is -2.58. The molecule has 1 heterocycles. The van der Waals surface area contributed by atoms with Crippen LogP contribution in [0, 0.1) is 0 Å². The predicted molar refractivity (Wildman–Crippen MR) is 72.7 cm³/mol. The molecule has 0 saturated carbocycles. The third kappa shape index (κ3) is 2.18. The number of hydrogen-bond acceptors (Lipinski definition) is 4. The predicted octanol–water partition coefficient (Wildman–Crippen LogP) is 1.49. The molecular formula is C12H16BrN3O. The highest BCUT2D eigenvalue weighted by molar-refractivity contribution is 9.10. The molecule has 1 aromatic rings. The van der Waals surface area contributed by atoms with E-state index in [1.165, 1.54) is 0 Å². The SMILES string of the molecule is CNC1=CC(NC)(NC)Oc2cc(Br)ccc21. The van der Waals surface area contributed by atoms with Gasteiger partial charge in [0.1, 0.15) is 5.75 Å². The summed E-state index contributed by atoms with van der Waals surface area (Å²) in [5.74, 6) is 0.154. The first kappa shape index (κ1) is 12.4. The molecule has 2 rings (SSSR count). The average Bonchev–Trinajstić information content (AvgIpc) is 2.36. The Labute approximate surface area is 110 Å². The van der Waals surface area contributed by atoms with E-state index in [0.29, 0.717) is 0 Å². The molecule has 0 aliphatic carbocycles. The number of rotatable bonds is 3. The number of halogens is 1. The fraction of sp³-hybridized carbons (Fsp3) is 0.333. The molecule has 0 saturated heterocycles. The van der Waals surface area contributed by atoms with Crippen LogP contribution in [0.2, 0.25) is 0 Å². The van der Waals surface area contributed by atoms with Crippen LogP contribution in [0.5, 0.6) is 5.75 Å². The molecule has 0 atom stereocenters. The first-order chi connectivity index (χ1) is 8.14. The Bertz CT molecular complexity index is 455. The Morgan fingerprint density at radius 2 is 1.88 bits per heavy atom. The minimum Gasteiger partial charge on any atom is -0.455 e. The second-order valence-corrected chi connectivity index (χ2v) is 4.70. The molecule has 1 aliphatic rings. The molecular weight excluding hydrogens is 282 g/mol. The molecule has 5 heteroatoms. The lowest BCUT2D eigenvalue weighted by molar-refractivity contribution is 0.0594. The van der Waals surface area contributed by atoms with E-state index in [0.717, 1.165) is 21.5 Å². The third-order valence-corrected chi connectivity index (χ3v) is 3.36. The van der Waals surface area contributed by atoms with Crippen LogP contribution in [0.1, 0.15) is 5.56 Å². The summed E-state index contributed by atoms with van der Waals surface area (Å²) in [7, 11) is 5.60. The van der Waals surface area contributed by atoms with Crippen LogP contribution < -0.4 is 20.7 Å². The van der Waals surface area contributed by atoms with Crippen molar-refractivity contribution in [2.75, 3.05) is 21.1 Å². The summed E-state index contributed by atoms with van der Waals surface area (Å²) in [6.45, 7) is 0. The van der Waals surface area contributed by atoms with Crippen LogP contribution >= 0.6 is 15.9 Å². The first-order valence-electron chi connectivity index (χ1n) is 5.41. The monoisotopic (exact) mass is 297 g/mol. The summed E-state index contributed by atoms with van der Waals surface area (Å²) in [5, 5.41) is 9.44. The zero-order valence-electron chi connectivity index (χ0n) is 10.1. The van der Waals surface area contributed by atoms with Crippen LogP contribution in [0.3, 0.4) is 0 Å². The highest BCUT2D eigenvalue weighted by Crippen LogP contribution is 2.34. The van der Waals surface area contributed by atoms with Crippen molar-refractivity contribution >= 4 is 21.6 Å². The molecule has 0 fully saturated rings. The maximum Gasteiger partial charge on any atom is 0.239 e. The van der Waals surface area contributed by atoms with Gasteiger partial charge in [0.15, 0.2) is 0 Å². The van der Waals surface area contributed by atoms with Gasteiger partial charge in [-0.3, -0.25) is 10.6 Å². The number of benzene rings is 1. The Hall–Kier alpha value is -1.04. The van der Waals surface area contributed by atoms with Gasteiger partial charge in [0.25, 0.3) is 0 Å². The van der Waals surface area contributed by atoms with E-state index in [1.807, 2.05) is 45.4 Å². The molecule has 1 aromatic carbocycles. The summed E-state index contributed by atoms with van der Waals surface area (Å²) in [6.07, 6.45) is 1.99. The fourth-order valence-electron chi connectivity index (χ4n) is 1.87. The van der Waals surface area contributed by atoms with Gasteiger partial charge in [0.05, 0.1) is 0 Å². The van der Waals surface area contributed by atoms with Crippen molar-refractivity contribution < 1.29 is 4.74 Å². The smallest absolute Gasteiger partial charge is 0.239 e. The largest absolute Gasteiger partial charge is 0.455 e. The normalized spacial score (nSPS) is 16.8. The highest BCUT2D eigenvalue weighted by Gasteiger charge is 2.32. The second kappa shape index (κ2) is 4.68. The van der Waals surface area contributed by atoms with Crippen molar-refractivity contribution in [2.45, 2.75) is 5.85 Å². The zero-order valence-corrected chi connectivity index (χ0v) is 11.7. The van der Waals surface area contributed by atoms with Crippen LogP contribution in [0.15, 0.2) is 28.7 Å². The topological polar surface area (TPSA) is 45.3 Å². The van der Waals surface area contributed by atoms with Gasteiger partial charge in [0, 0.05) is 28.9 Å². The van der Waals surface area contributed by atoms with E-state index in [9.17, 15) is 0 Å². The van der Waals surface area contributed by atoms with Crippen molar-refractivity contribution in [2.24, 2.45) is 0 Å². The van der Waals surface area contributed by atoms with E-state index in [1.54, 1.807) is 0 Å². The average molecular weight is 298 g/mol. The number of fused-ring (bicyclic) bond motifs is 1. The maximum absolute atomic E-state index is 5.96. The van der Waals surface area contributed by atoms with Crippen molar-refractivity contribution in [3.63, 3.8) is 0 Å². The lowest BCUT2D eigenvalue weighted by Gasteiger charge is -2.36. The molecule has 4 nitrogen and oxygen atoms in total. The summed E-state index contributed by atoms with van der Waals surface area (Å²) in [4.78, 5) is 0. The quantitative estimate of drug-likeness (QED) is 0.740. The Balaban J connectivity index is 2.53. The molecule has 0 bridgehead atoms. The van der Waals surface area contributed by atoms with Gasteiger partial charge in [0.2, 0.25) is 5.85 Å². The Kier molecular flexibility index (Phi) is 3.42. The summed E-state index contributed by atoms with van der Waals surface area (Å²) < 4.78 is 6.96. The number of nitrogens with one attached hydrogen (secondary N) is 3. The van der Waals surface area contributed by atoms with Crippen LogP contribution in [0.4, 0.5) is 0 Å². The molecule has 3 N–H and O–H groups in total. The molecule has 1 aliphatic heterocycles. The number of ether oxygens (including phenoxy) is 1. The van der Waals surface area contributed by atoms with Crippen molar-refractivity contribution in [3.8, 4) is 5.75 Å². The summed E-state index contributed by atoms with van der Waals surface area (Å²) in [5.41, 5.74) is 2.08. The Morgan fingerprint density at radius 3 is 2.47 bits per heavy atom. The minimum atomic E-state index is -0.674. The van der Waals surface area contributed by atoms with Gasteiger partial charge >= 0.3 is 0 Å². The second-order valence-electron chi connectivity index (χ2n) is 3.79. The van der Waals surface area contributed by atoms with E-state index < -0.39 is 5.85 Å². The molecule has 92 valence electrons. The fourth-order valence-corrected chi connectivity index (χ4v) is 2.21. The standard InChI is InChI=1S/C12H16BrN3O/c1-14-10-7-12(15-2,16-3)17-11-6-8(13)4-5-9(10)11/h4-7,14-16H,1-3H3. The van der Waals surface area contributed by atoms with Gasteiger partial charge in [-0.15, -0.1) is 0 Å². The molecule has 0 unspecified atom stereocenters. The van der Waals surface area contributed by atoms with Gasteiger partial charge < -0.3 is 10.1 Å². The van der Waals surface area contributed by atoms with E-state index in [-0.39, 0.29) is 0 Å². The lowest BCUT2D eigenvalue weighted by atomic mass is 10.1. The highest BCUT2D eigenvalue weighted by atomic mass is 79.9. The van der Waals surface area contributed by atoms with Crippen LogP contribution in [0.25, 0.3) is 5.70 Å².